The number of cyclic esters (lactones) is 1. The van der Waals surface area contributed by atoms with E-state index >= 15 is 0 Å². The number of nitriles is 1. The maximum absolute atomic E-state index is 14.0. The molecule has 3 atom stereocenters. The molecule has 3 aliphatic rings. The topological polar surface area (TPSA) is 86.0 Å². The summed E-state index contributed by atoms with van der Waals surface area (Å²) in [6.45, 7) is 6.32. The monoisotopic (exact) mass is 451 g/mol. The van der Waals surface area contributed by atoms with Crippen molar-refractivity contribution in [1.29, 1.82) is 5.26 Å². The number of carbonyl (C=O) groups excluding carboxylic acids is 1. The largest absolute Gasteiger partial charge is 0.457 e. The number of benzene rings is 2. The van der Waals surface area contributed by atoms with Crippen molar-refractivity contribution in [3.8, 4) is 6.07 Å². The Labute approximate surface area is 191 Å². The average molecular weight is 451 g/mol. The van der Waals surface area contributed by atoms with Crippen molar-refractivity contribution in [2.24, 2.45) is 0 Å². The number of carbonyl (C=O) groups is 1. The number of halogens is 1. The number of nitrogens with zero attached hydrogens (tertiary/aromatic N) is 3. The third-order valence-electron chi connectivity index (χ3n) is 7.06. The van der Waals surface area contributed by atoms with E-state index in [2.05, 4.69) is 9.80 Å². The predicted molar refractivity (Wildman–Crippen MR) is 117 cm³/mol. The van der Waals surface area contributed by atoms with E-state index in [0.29, 0.717) is 25.3 Å². The van der Waals surface area contributed by atoms with Crippen LogP contribution in [0.4, 0.5) is 4.39 Å². The van der Waals surface area contributed by atoms with Gasteiger partial charge in [-0.15, -0.1) is 0 Å². The van der Waals surface area contributed by atoms with Crippen LogP contribution in [0.15, 0.2) is 30.3 Å². The van der Waals surface area contributed by atoms with Crippen LogP contribution in [-0.4, -0.2) is 66.2 Å². The molecule has 5 rings (SSSR count). The average Bonchev–Trinajstić information content (AvgIpc) is 3.20. The predicted octanol–water partition coefficient (Wildman–Crippen LogP) is 2.47. The van der Waals surface area contributed by atoms with Gasteiger partial charge in [-0.05, 0) is 41.8 Å². The molecule has 0 aromatic heterocycles. The summed E-state index contributed by atoms with van der Waals surface area (Å²) in [7, 11) is 0. The Balaban J connectivity index is 1.20. The summed E-state index contributed by atoms with van der Waals surface area (Å²) in [6, 6.07) is 10.3. The Morgan fingerprint density at radius 1 is 1.27 bits per heavy atom. The fraction of sp³-hybridized carbons (Fsp3) is 0.440. The zero-order chi connectivity index (χ0) is 23.1. The molecule has 3 heterocycles. The standard InChI is InChI=1S/C25H26FN3O4/c1-15-19(4-5-20-21(15)14-33-25(20)31)23(30)11-28-6-7-29-12-24(32-13-18(29)10-28)16-2-3-17(9-27)22(26)8-16/h2-5,8,18,23-24,30H,6-7,10-14H2,1H3/t18-,23-,24-/m1/s1. The molecule has 0 radical (unpaired) electrons. The van der Waals surface area contributed by atoms with Gasteiger partial charge in [-0.1, -0.05) is 12.1 Å². The summed E-state index contributed by atoms with van der Waals surface area (Å²) in [5.74, 6) is -0.818. The molecular formula is C25H26FN3O4. The highest BCUT2D eigenvalue weighted by atomic mass is 19.1. The van der Waals surface area contributed by atoms with E-state index in [9.17, 15) is 14.3 Å². The number of β-amino-alcohol motifs (C(OH)–C–C–N with tert-alkyl or cyclic N) is 1. The first-order chi connectivity index (χ1) is 15.9. The van der Waals surface area contributed by atoms with E-state index in [1.165, 1.54) is 12.1 Å². The van der Waals surface area contributed by atoms with E-state index < -0.39 is 11.9 Å². The molecule has 0 saturated carbocycles. The van der Waals surface area contributed by atoms with Gasteiger partial charge in [-0.25, -0.2) is 9.18 Å². The first kappa shape index (κ1) is 22.0. The van der Waals surface area contributed by atoms with Gasteiger partial charge in [0.05, 0.1) is 29.9 Å². The normalized spacial score (nSPS) is 24.0. The minimum atomic E-state index is -0.656. The van der Waals surface area contributed by atoms with Crippen LogP contribution in [-0.2, 0) is 16.1 Å². The van der Waals surface area contributed by atoms with E-state index in [1.807, 2.05) is 19.1 Å². The maximum Gasteiger partial charge on any atom is 0.338 e. The van der Waals surface area contributed by atoms with Crippen LogP contribution in [0.5, 0.6) is 0 Å². The lowest BCUT2D eigenvalue weighted by atomic mass is 9.95. The first-order valence-corrected chi connectivity index (χ1v) is 11.2. The summed E-state index contributed by atoms with van der Waals surface area (Å²) in [5, 5.41) is 19.9. The number of hydrogen-bond acceptors (Lipinski definition) is 7. The number of ether oxygens (including phenoxy) is 2. The second kappa shape index (κ2) is 8.84. The molecule has 0 aliphatic carbocycles. The van der Waals surface area contributed by atoms with Crippen LogP contribution in [0.25, 0.3) is 0 Å². The third-order valence-corrected chi connectivity index (χ3v) is 7.06. The van der Waals surface area contributed by atoms with Gasteiger partial charge in [0.15, 0.2) is 0 Å². The van der Waals surface area contributed by atoms with E-state index in [-0.39, 0.29) is 30.3 Å². The number of hydrogen-bond donors (Lipinski definition) is 1. The van der Waals surface area contributed by atoms with Crippen molar-refractivity contribution in [2.75, 3.05) is 39.3 Å². The molecule has 8 heteroatoms. The van der Waals surface area contributed by atoms with Crippen molar-refractivity contribution in [3.63, 3.8) is 0 Å². The van der Waals surface area contributed by atoms with Gasteiger partial charge in [0.1, 0.15) is 18.5 Å². The molecule has 3 aliphatic heterocycles. The van der Waals surface area contributed by atoms with Gasteiger partial charge in [0.25, 0.3) is 0 Å². The van der Waals surface area contributed by atoms with E-state index in [1.54, 1.807) is 12.1 Å². The van der Waals surface area contributed by atoms with Crippen molar-refractivity contribution in [1.82, 2.24) is 9.80 Å². The van der Waals surface area contributed by atoms with Crippen molar-refractivity contribution < 1.29 is 23.8 Å². The van der Waals surface area contributed by atoms with Gasteiger partial charge in [0, 0.05) is 44.3 Å². The lowest BCUT2D eigenvalue weighted by molar-refractivity contribution is -0.0938. The summed E-state index contributed by atoms with van der Waals surface area (Å²) in [4.78, 5) is 16.4. The molecule has 2 fully saturated rings. The van der Waals surface area contributed by atoms with E-state index in [4.69, 9.17) is 14.7 Å². The van der Waals surface area contributed by atoms with Crippen LogP contribution in [0.2, 0.25) is 0 Å². The molecule has 0 bridgehead atoms. The smallest absolute Gasteiger partial charge is 0.338 e. The van der Waals surface area contributed by atoms with Gasteiger partial charge < -0.3 is 14.6 Å². The fourth-order valence-electron chi connectivity index (χ4n) is 5.11. The van der Waals surface area contributed by atoms with E-state index in [0.717, 1.165) is 41.9 Å². The van der Waals surface area contributed by atoms with Crippen LogP contribution in [0.1, 0.15) is 50.4 Å². The Morgan fingerprint density at radius 3 is 2.91 bits per heavy atom. The molecule has 2 aromatic carbocycles. The zero-order valence-corrected chi connectivity index (χ0v) is 18.5. The SMILES string of the molecule is Cc1c([C@H](O)CN2CCN3C[C@H](c4ccc(C#N)c(F)c4)OC[C@H]3C2)ccc2c1COC2=O. The second-order valence-electron chi connectivity index (χ2n) is 8.98. The number of aliphatic hydroxyl groups excluding tert-OH is 1. The molecule has 0 spiro atoms. The van der Waals surface area contributed by atoms with Gasteiger partial charge in [-0.2, -0.15) is 5.26 Å². The summed E-state index contributed by atoms with van der Waals surface area (Å²) < 4.78 is 25.2. The Kier molecular flexibility index (Phi) is 5.89. The minimum absolute atomic E-state index is 0.0392. The number of aliphatic hydroxyl groups is 1. The first-order valence-electron chi connectivity index (χ1n) is 11.2. The Bertz CT molecular complexity index is 1130. The summed E-state index contributed by atoms with van der Waals surface area (Å²) >= 11 is 0. The summed E-state index contributed by atoms with van der Waals surface area (Å²) in [6.07, 6.45) is -0.879. The number of fused-ring (bicyclic) bond motifs is 2. The molecule has 2 aromatic rings. The van der Waals surface area contributed by atoms with Crippen LogP contribution >= 0.6 is 0 Å². The quantitative estimate of drug-likeness (QED) is 0.715. The maximum atomic E-state index is 14.0. The fourth-order valence-corrected chi connectivity index (χ4v) is 5.11. The molecular weight excluding hydrogens is 425 g/mol. The zero-order valence-electron chi connectivity index (χ0n) is 18.5. The number of morpholine rings is 1. The van der Waals surface area contributed by atoms with Crippen LogP contribution in [0.3, 0.4) is 0 Å². The van der Waals surface area contributed by atoms with Crippen LogP contribution < -0.4 is 0 Å². The lowest BCUT2D eigenvalue weighted by Crippen LogP contribution is -2.58. The van der Waals surface area contributed by atoms with Crippen molar-refractivity contribution in [2.45, 2.75) is 31.8 Å². The molecule has 172 valence electrons. The van der Waals surface area contributed by atoms with Gasteiger partial charge in [0.2, 0.25) is 0 Å². The van der Waals surface area contributed by atoms with Gasteiger partial charge in [-0.3, -0.25) is 9.80 Å². The summed E-state index contributed by atoms with van der Waals surface area (Å²) in [5.41, 5.74) is 4.00. The minimum Gasteiger partial charge on any atom is -0.457 e. The van der Waals surface area contributed by atoms with Crippen molar-refractivity contribution in [3.05, 3.63) is 69.5 Å². The molecule has 7 nitrogen and oxygen atoms in total. The molecule has 2 saturated heterocycles. The molecule has 0 unspecified atom stereocenters. The number of esters is 1. The highest BCUT2D eigenvalue weighted by Crippen LogP contribution is 2.31. The second-order valence-corrected chi connectivity index (χ2v) is 8.98. The van der Waals surface area contributed by atoms with Crippen LogP contribution in [0, 0.1) is 24.1 Å². The molecule has 1 N–H and O–H groups in total. The van der Waals surface area contributed by atoms with Gasteiger partial charge >= 0.3 is 5.97 Å². The Hall–Kier alpha value is -2.83. The highest BCUT2D eigenvalue weighted by molar-refractivity contribution is 5.93. The highest BCUT2D eigenvalue weighted by Gasteiger charge is 2.35. The molecule has 33 heavy (non-hydrogen) atoms. The lowest BCUT2D eigenvalue weighted by Gasteiger charge is -2.46. The molecule has 0 amide bonds. The number of rotatable bonds is 4. The van der Waals surface area contributed by atoms with Crippen molar-refractivity contribution >= 4 is 5.97 Å². The number of piperazine rings is 1. The third kappa shape index (κ3) is 4.13. The Morgan fingerprint density at radius 2 is 2.12 bits per heavy atom.